The molecule has 0 saturated carbocycles. The summed E-state index contributed by atoms with van der Waals surface area (Å²) in [7, 11) is 3.99. The molecule has 0 spiro atoms. The average Bonchev–Trinajstić information content (AvgIpc) is 3.13. The first-order chi connectivity index (χ1) is 12.1. The Labute approximate surface area is 153 Å². The number of carbonyl (C=O) groups excluding carboxylic acids is 1. The van der Waals surface area contributed by atoms with E-state index in [-0.39, 0.29) is 12.0 Å². The summed E-state index contributed by atoms with van der Waals surface area (Å²) >= 11 is 1.64. The molecule has 6 heteroatoms. The first kappa shape index (κ1) is 17.9. The second-order valence-corrected chi connectivity index (χ2v) is 7.58. The molecule has 134 valence electrons. The van der Waals surface area contributed by atoms with E-state index in [4.69, 9.17) is 4.74 Å². The van der Waals surface area contributed by atoms with Crippen molar-refractivity contribution in [3.63, 3.8) is 0 Å². The Balaban J connectivity index is 1.51. The second-order valence-electron chi connectivity index (χ2n) is 6.54. The molecule has 1 aliphatic heterocycles. The van der Waals surface area contributed by atoms with Crippen LogP contribution < -0.4 is 4.90 Å². The number of hydrogen-bond donors (Lipinski definition) is 0. The summed E-state index contributed by atoms with van der Waals surface area (Å²) < 4.78 is 5.88. The molecular weight excluding hydrogens is 334 g/mol. The molecule has 1 aliphatic rings. The Morgan fingerprint density at radius 1 is 1.44 bits per heavy atom. The minimum absolute atomic E-state index is 0.108. The predicted molar refractivity (Wildman–Crippen MR) is 101 cm³/mol. The second kappa shape index (κ2) is 8.45. The van der Waals surface area contributed by atoms with Crippen molar-refractivity contribution in [2.24, 2.45) is 0 Å². The normalized spacial score (nSPS) is 17.5. The SMILES string of the molecule is CN(C)c1cc(CCC2CN(C(=O)Cc3cccs3)CCO2)ccn1. The van der Waals surface area contributed by atoms with Gasteiger partial charge < -0.3 is 14.5 Å². The molecule has 0 aromatic carbocycles. The minimum Gasteiger partial charge on any atom is -0.375 e. The van der Waals surface area contributed by atoms with E-state index in [9.17, 15) is 4.79 Å². The van der Waals surface area contributed by atoms with Crippen molar-refractivity contribution < 1.29 is 9.53 Å². The molecular formula is C19H25N3O2S. The van der Waals surface area contributed by atoms with Crippen LogP contribution >= 0.6 is 11.3 Å². The van der Waals surface area contributed by atoms with Gasteiger partial charge in [0.15, 0.2) is 0 Å². The molecule has 1 unspecified atom stereocenters. The van der Waals surface area contributed by atoms with E-state index in [1.165, 1.54) is 5.56 Å². The van der Waals surface area contributed by atoms with Gasteiger partial charge in [0.25, 0.3) is 0 Å². The lowest BCUT2D eigenvalue weighted by atomic mass is 10.1. The van der Waals surface area contributed by atoms with Crippen molar-refractivity contribution >= 4 is 23.1 Å². The summed E-state index contributed by atoms with van der Waals surface area (Å²) in [6.45, 7) is 2.01. The van der Waals surface area contributed by atoms with E-state index in [1.54, 1.807) is 11.3 Å². The van der Waals surface area contributed by atoms with Crippen LogP contribution in [-0.2, 0) is 22.4 Å². The molecule has 1 atom stereocenters. The summed E-state index contributed by atoms with van der Waals surface area (Å²) in [5.41, 5.74) is 1.25. The molecule has 1 fully saturated rings. The number of carbonyl (C=O) groups is 1. The predicted octanol–water partition coefficient (Wildman–Crippen LogP) is 2.61. The molecule has 0 bridgehead atoms. The number of anilines is 1. The van der Waals surface area contributed by atoms with Crippen molar-refractivity contribution in [3.8, 4) is 0 Å². The highest BCUT2D eigenvalue weighted by atomic mass is 32.1. The van der Waals surface area contributed by atoms with Crippen molar-refractivity contribution in [2.75, 3.05) is 38.7 Å². The number of aryl methyl sites for hydroxylation is 1. The number of ether oxygens (including phenoxy) is 1. The van der Waals surface area contributed by atoms with Crippen LogP contribution in [0.5, 0.6) is 0 Å². The first-order valence-electron chi connectivity index (χ1n) is 8.66. The smallest absolute Gasteiger partial charge is 0.227 e. The molecule has 2 aromatic rings. The number of morpholine rings is 1. The van der Waals surface area contributed by atoms with E-state index < -0.39 is 0 Å². The third kappa shape index (κ3) is 5.03. The molecule has 1 amide bonds. The fourth-order valence-corrected chi connectivity index (χ4v) is 3.68. The van der Waals surface area contributed by atoms with Gasteiger partial charge in [-0.05, 0) is 42.0 Å². The number of rotatable bonds is 6. The maximum atomic E-state index is 12.5. The molecule has 25 heavy (non-hydrogen) atoms. The van der Waals surface area contributed by atoms with Crippen LogP contribution in [-0.4, -0.2) is 55.7 Å². The fourth-order valence-electron chi connectivity index (χ4n) is 2.98. The number of hydrogen-bond acceptors (Lipinski definition) is 5. The quantitative estimate of drug-likeness (QED) is 0.795. The third-order valence-corrected chi connectivity index (χ3v) is 5.30. The van der Waals surface area contributed by atoms with Gasteiger partial charge in [0.1, 0.15) is 5.82 Å². The number of pyridine rings is 1. The molecule has 3 heterocycles. The van der Waals surface area contributed by atoms with E-state index >= 15 is 0 Å². The van der Waals surface area contributed by atoms with Crippen LogP contribution in [0.4, 0.5) is 5.82 Å². The number of aromatic nitrogens is 1. The fraction of sp³-hybridized carbons (Fsp3) is 0.474. The van der Waals surface area contributed by atoms with Gasteiger partial charge in [0.2, 0.25) is 5.91 Å². The van der Waals surface area contributed by atoms with Gasteiger partial charge in [-0.3, -0.25) is 4.79 Å². The van der Waals surface area contributed by atoms with Gasteiger partial charge in [0.05, 0.1) is 19.1 Å². The van der Waals surface area contributed by atoms with Crippen molar-refractivity contribution in [1.29, 1.82) is 0 Å². The van der Waals surface area contributed by atoms with E-state index in [2.05, 4.69) is 17.1 Å². The van der Waals surface area contributed by atoms with E-state index in [0.717, 1.165) is 23.5 Å². The topological polar surface area (TPSA) is 45.7 Å². The van der Waals surface area contributed by atoms with Gasteiger partial charge in [-0.1, -0.05) is 6.07 Å². The maximum Gasteiger partial charge on any atom is 0.227 e. The van der Waals surface area contributed by atoms with Crippen molar-refractivity contribution in [1.82, 2.24) is 9.88 Å². The van der Waals surface area contributed by atoms with Gasteiger partial charge in [-0.25, -0.2) is 4.98 Å². The number of thiophene rings is 1. The van der Waals surface area contributed by atoms with Crippen LogP contribution in [0.2, 0.25) is 0 Å². The highest BCUT2D eigenvalue weighted by Crippen LogP contribution is 2.17. The molecule has 1 saturated heterocycles. The van der Waals surface area contributed by atoms with Crippen molar-refractivity contribution in [2.45, 2.75) is 25.4 Å². The summed E-state index contributed by atoms with van der Waals surface area (Å²) in [6.07, 6.45) is 4.31. The Bertz CT molecular complexity index is 688. The molecule has 5 nitrogen and oxygen atoms in total. The van der Waals surface area contributed by atoms with Gasteiger partial charge in [0, 0.05) is 38.3 Å². The molecule has 0 aliphatic carbocycles. The van der Waals surface area contributed by atoms with Crippen molar-refractivity contribution in [3.05, 3.63) is 46.3 Å². The number of nitrogens with zero attached hydrogens (tertiary/aromatic N) is 3. The average molecular weight is 359 g/mol. The summed E-state index contributed by atoms with van der Waals surface area (Å²) in [5.74, 6) is 1.17. The lowest BCUT2D eigenvalue weighted by molar-refractivity contribution is -0.138. The largest absolute Gasteiger partial charge is 0.375 e. The van der Waals surface area contributed by atoms with Crippen LogP contribution in [0.3, 0.4) is 0 Å². The van der Waals surface area contributed by atoms with Crippen LogP contribution in [0.1, 0.15) is 16.9 Å². The van der Waals surface area contributed by atoms with Crippen LogP contribution in [0.15, 0.2) is 35.8 Å². The highest BCUT2D eigenvalue weighted by Gasteiger charge is 2.24. The van der Waals surface area contributed by atoms with E-state index in [1.807, 2.05) is 47.6 Å². The zero-order chi connectivity index (χ0) is 17.6. The number of amides is 1. The minimum atomic E-state index is 0.108. The summed E-state index contributed by atoms with van der Waals surface area (Å²) in [5, 5.41) is 2.02. The van der Waals surface area contributed by atoms with Gasteiger partial charge in [-0.15, -0.1) is 11.3 Å². The Morgan fingerprint density at radius 3 is 3.08 bits per heavy atom. The lowest BCUT2D eigenvalue weighted by Crippen LogP contribution is -2.46. The standard InChI is InChI=1S/C19H25N3O2S/c1-21(2)18-12-15(7-8-20-18)5-6-16-14-22(9-10-24-16)19(23)13-17-4-3-11-25-17/h3-4,7-8,11-12,16H,5-6,9-10,13-14H2,1-2H3. The van der Waals surface area contributed by atoms with Crippen LogP contribution in [0.25, 0.3) is 0 Å². The zero-order valence-electron chi connectivity index (χ0n) is 14.9. The zero-order valence-corrected chi connectivity index (χ0v) is 15.7. The lowest BCUT2D eigenvalue weighted by Gasteiger charge is -2.33. The molecule has 0 radical (unpaired) electrons. The Kier molecular flexibility index (Phi) is 6.04. The first-order valence-corrected chi connectivity index (χ1v) is 9.54. The Hall–Kier alpha value is -1.92. The summed E-state index contributed by atoms with van der Waals surface area (Å²) in [4.78, 5) is 21.9. The molecule has 3 rings (SSSR count). The van der Waals surface area contributed by atoms with Crippen LogP contribution in [0, 0.1) is 0 Å². The monoisotopic (exact) mass is 359 g/mol. The molecule has 0 N–H and O–H groups in total. The third-order valence-electron chi connectivity index (χ3n) is 4.42. The molecule has 2 aromatic heterocycles. The highest BCUT2D eigenvalue weighted by molar-refractivity contribution is 7.10. The maximum absolute atomic E-state index is 12.5. The van der Waals surface area contributed by atoms with Gasteiger partial charge in [-0.2, -0.15) is 0 Å². The van der Waals surface area contributed by atoms with E-state index in [0.29, 0.717) is 26.1 Å². The van der Waals surface area contributed by atoms with Gasteiger partial charge >= 0.3 is 0 Å². The summed E-state index contributed by atoms with van der Waals surface area (Å²) in [6, 6.07) is 8.18. The Morgan fingerprint density at radius 2 is 2.32 bits per heavy atom.